The maximum Gasteiger partial charge on any atom is 0.255 e. The zero-order chi connectivity index (χ0) is 13.1. The second kappa shape index (κ2) is 5.87. The predicted octanol–water partition coefficient (Wildman–Crippen LogP) is 5.12. The Bertz CT molecular complexity index is 601. The van der Waals surface area contributed by atoms with Crippen LogP contribution in [0.4, 0.5) is 5.69 Å². The summed E-state index contributed by atoms with van der Waals surface area (Å²) in [5.41, 5.74) is 1.15. The van der Waals surface area contributed by atoms with E-state index in [4.69, 9.17) is 11.6 Å². The van der Waals surface area contributed by atoms with E-state index in [0.29, 0.717) is 16.3 Å². The maximum atomic E-state index is 12.0. The Hall–Kier alpha value is -0.840. The van der Waals surface area contributed by atoms with Crippen LogP contribution in [0.2, 0.25) is 5.02 Å². The highest BCUT2D eigenvalue weighted by Crippen LogP contribution is 2.26. The predicted molar refractivity (Wildman–Crippen MR) is 81.2 cm³/mol. The van der Waals surface area contributed by atoms with Crippen molar-refractivity contribution >= 4 is 55.1 Å². The second-order valence-electron chi connectivity index (χ2n) is 3.59. The molecule has 0 saturated heterocycles. The first-order valence-electron chi connectivity index (χ1n) is 5.08. The van der Waals surface area contributed by atoms with Crippen LogP contribution in [0.25, 0.3) is 0 Å². The summed E-state index contributed by atoms with van der Waals surface area (Å²) in [6, 6.07) is 12.5. The number of carbonyl (C=O) groups is 1. The summed E-state index contributed by atoms with van der Waals surface area (Å²) >= 11 is 12.7. The monoisotopic (exact) mass is 387 g/mol. The summed E-state index contributed by atoms with van der Waals surface area (Å²) in [5.74, 6) is -0.198. The molecule has 0 atom stereocenters. The van der Waals surface area contributed by atoms with E-state index in [2.05, 4.69) is 37.2 Å². The Labute approximate surface area is 127 Å². The molecule has 18 heavy (non-hydrogen) atoms. The van der Waals surface area contributed by atoms with Gasteiger partial charge in [-0.05, 0) is 36.4 Å². The van der Waals surface area contributed by atoms with E-state index in [1.165, 1.54) is 0 Å². The van der Waals surface area contributed by atoms with Crippen LogP contribution in [0.1, 0.15) is 10.4 Å². The molecule has 0 heterocycles. The fourth-order valence-electron chi connectivity index (χ4n) is 1.42. The molecule has 92 valence electrons. The Balaban J connectivity index is 2.24. The van der Waals surface area contributed by atoms with Gasteiger partial charge < -0.3 is 5.32 Å². The SMILES string of the molecule is O=C(Nc1cc(Br)ccc1Cl)c1cccc(Br)c1. The fraction of sp³-hybridized carbons (Fsp3) is 0. The maximum absolute atomic E-state index is 12.0. The summed E-state index contributed by atoms with van der Waals surface area (Å²) in [4.78, 5) is 12.0. The lowest BCUT2D eigenvalue weighted by Crippen LogP contribution is -2.12. The molecule has 2 aromatic carbocycles. The molecule has 0 spiro atoms. The summed E-state index contributed by atoms with van der Waals surface area (Å²) in [7, 11) is 0. The molecule has 0 radical (unpaired) electrons. The lowest BCUT2D eigenvalue weighted by molar-refractivity contribution is 0.102. The first-order chi connectivity index (χ1) is 8.56. The van der Waals surface area contributed by atoms with Crippen molar-refractivity contribution in [2.45, 2.75) is 0 Å². The van der Waals surface area contributed by atoms with E-state index in [-0.39, 0.29) is 5.91 Å². The molecule has 0 fully saturated rings. The minimum absolute atomic E-state index is 0.198. The van der Waals surface area contributed by atoms with Crippen LogP contribution in [0.5, 0.6) is 0 Å². The second-order valence-corrected chi connectivity index (χ2v) is 5.83. The first-order valence-corrected chi connectivity index (χ1v) is 7.04. The largest absolute Gasteiger partial charge is 0.321 e. The average Bonchev–Trinajstić information content (AvgIpc) is 2.34. The van der Waals surface area contributed by atoms with Gasteiger partial charge in [0, 0.05) is 14.5 Å². The van der Waals surface area contributed by atoms with Crippen LogP contribution in [0.3, 0.4) is 0 Å². The molecular weight excluding hydrogens is 381 g/mol. The van der Waals surface area contributed by atoms with Crippen LogP contribution in [0, 0.1) is 0 Å². The van der Waals surface area contributed by atoms with E-state index in [1.54, 1.807) is 24.3 Å². The van der Waals surface area contributed by atoms with Crippen molar-refractivity contribution in [3.8, 4) is 0 Å². The van der Waals surface area contributed by atoms with E-state index in [0.717, 1.165) is 8.95 Å². The number of rotatable bonds is 2. The van der Waals surface area contributed by atoms with Crippen LogP contribution in [-0.2, 0) is 0 Å². The Kier molecular flexibility index (Phi) is 4.43. The van der Waals surface area contributed by atoms with E-state index in [9.17, 15) is 4.79 Å². The number of amides is 1. The van der Waals surface area contributed by atoms with E-state index in [1.807, 2.05) is 18.2 Å². The molecule has 0 aromatic heterocycles. The molecule has 0 aliphatic heterocycles. The summed E-state index contributed by atoms with van der Waals surface area (Å²) in [5, 5.41) is 3.27. The topological polar surface area (TPSA) is 29.1 Å². The third-order valence-electron chi connectivity index (χ3n) is 2.26. The Morgan fingerprint density at radius 2 is 1.78 bits per heavy atom. The van der Waals surface area contributed by atoms with Gasteiger partial charge in [0.25, 0.3) is 5.91 Å². The zero-order valence-corrected chi connectivity index (χ0v) is 13.0. The number of carbonyl (C=O) groups excluding carboxylic acids is 1. The summed E-state index contributed by atoms with van der Waals surface area (Å²) < 4.78 is 1.71. The molecule has 1 amide bonds. The average molecular weight is 389 g/mol. The zero-order valence-electron chi connectivity index (χ0n) is 9.08. The van der Waals surface area contributed by atoms with Crippen molar-refractivity contribution in [1.82, 2.24) is 0 Å². The van der Waals surface area contributed by atoms with Crippen LogP contribution >= 0.6 is 43.5 Å². The lowest BCUT2D eigenvalue weighted by atomic mass is 10.2. The molecule has 5 heteroatoms. The van der Waals surface area contributed by atoms with E-state index < -0.39 is 0 Å². The normalized spacial score (nSPS) is 10.2. The van der Waals surface area contributed by atoms with E-state index >= 15 is 0 Å². The minimum atomic E-state index is -0.198. The Morgan fingerprint density at radius 1 is 1.06 bits per heavy atom. The molecule has 0 aliphatic rings. The highest BCUT2D eigenvalue weighted by atomic mass is 79.9. The number of hydrogen-bond donors (Lipinski definition) is 1. The standard InChI is InChI=1S/C13H8Br2ClNO/c14-9-3-1-2-8(6-9)13(18)17-12-7-10(15)4-5-11(12)16/h1-7H,(H,17,18). The Morgan fingerprint density at radius 3 is 2.50 bits per heavy atom. The van der Waals surface area contributed by atoms with Crippen molar-refractivity contribution < 1.29 is 4.79 Å². The molecule has 0 bridgehead atoms. The molecule has 0 aliphatic carbocycles. The van der Waals surface area contributed by atoms with Gasteiger partial charge in [-0.25, -0.2) is 0 Å². The molecule has 2 rings (SSSR count). The fourth-order valence-corrected chi connectivity index (χ4v) is 2.34. The van der Waals surface area contributed by atoms with Gasteiger partial charge in [-0.15, -0.1) is 0 Å². The molecule has 0 saturated carbocycles. The number of halogens is 3. The highest BCUT2D eigenvalue weighted by Gasteiger charge is 2.09. The quantitative estimate of drug-likeness (QED) is 0.759. The van der Waals surface area contributed by atoms with Crippen LogP contribution in [0.15, 0.2) is 51.4 Å². The van der Waals surface area contributed by atoms with Crippen molar-refractivity contribution in [3.05, 3.63) is 62.0 Å². The van der Waals surface area contributed by atoms with Gasteiger partial charge in [0.15, 0.2) is 0 Å². The third kappa shape index (κ3) is 3.34. The molecule has 2 nitrogen and oxygen atoms in total. The smallest absolute Gasteiger partial charge is 0.255 e. The third-order valence-corrected chi connectivity index (χ3v) is 3.58. The molecule has 2 aromatic rings. The minimum Gasteiger partial charge on any atom is -0.321 e. The van der Waals surface area contributed by atoms with Crippen molar-refractivity contribution in [2.24, 2.45) is 0 Å². The van der Waals surface area contributed by atoms with Gasteiger partial charge in [-0.2, -0.15) is 0 Å². The van der Waals surface area contributed by atoms with Crippen molar-refractivity contribution in [3.63, 3.8) is 0 Å². The number of anilines is 1. The number of nitrogens with one attached hydrogen (secondary N) is 1. The lowest BCUT2D eigenvalue weighted by Gasteiger charge is -2.08. The van der Waals surface area contributed by atoms with Crippen molar-refractivity contribution in [2.75, 3.05) is 5.32 Å². The van der Waals surface area contributed by atoms with Crippen LogP contribution < -0.4 is 5.32 Å². The van der Waals surface area contributed by atoms with Gasteiger partial charge in [0.05, 0.1) is 10.7 Å². The first kappa shape index (κ1) is 13.6. The van der Waals surface area contributed by atoms with Gasteiger partial charge in [0.1, 0.15) is 0 Å². The molecule has 0 unspecified atom stereocenters. The molecular formula is C13H8Br2ClNO. The molecule has 1 N–H and O–H groups in total. The van der Waals surface area contributed by atoms with Crippen molar-refractivity contribution in [1.29, 1.82) is 0 Å². The number of hydrogen-bond acceptors (Lipinski definition) is 1. The highest BCUT2D eigenvalue weighted by molar-refractivity contribution is 9.10. The summed E-state index contributed by atoms with van der Waals surface area (Å²) in [6.07, 6.45) is 0. The van der Waals surface area contributed by atoms with Crippen LogP contribution in [-0.4, -0.2) is 5.91 Å². The number of benzene rings is 2. The van der Waals surface area contributed by atoms with Gasteiger partial charge in [-0.1, -0.05) is 49.5 Å². The van der Waals surface area contributed by atoms with Gasteiger partial charge in [0.2, 0.25) is 0 Å². The van der Waals surface area contributed by atoms with Gasteiger partial charge >= 0.3 is 0 Å². The van der Waals surface area contributed by atoms with Gasteiger partial charge in [-0.3, -0.25) is 4.79 Å². The summed E-state index contributed by atoms with van der Waals surface area (Å²) in [6.45, 7) is 0.